The average Bonchev–Trinajstić information content (AvgIpc) is 1.66. The number of rotatable bonds is 34. The fraction of sp³-hybridized carbons (Fsp3) is 0.433. The van der Waals surface area contributed by atoms with Crippen molar-refractivity contribution >= 4 is 107 Å². The Bertz CT molecular complexity index is 3550. The maximum Gasteiger partial charge on any atom is 0.326 e. The Balaban J connectivity index is 1.09. The minimum atomic E-state index is -1.78. The van der Waals surface area contributed by atoms with Crippen molar-refractivity contribution in [2.24, 2.45) is 11.7 Å². The number of hydrogen-bond donors (Lipinski definition) is 15. The molecule has 2 aliphatic rings. The molecule has 514 valence electrons. The van der Waals surface area contributed by atoms with Crippen molar-refractivity contribution in [1.29, 1.82) is 0 Å². The lowest BCUT2D eigenvalue weighted by atomic mass is 9.99. The van der Waals surface area contributed by atoms with Crippen molar-refractivity contribution in [2.45, 2.75) is 145 Å². The molecule has 0 bridgehead atoms. The molecule has 1 aromatic heterocycles. The molecule has 0 unspecified atom stereocenters. The normalized spacial score (nSPS) is 17.2. The molecule has 11 atom stereocenters. The minimum Gasteiger partial charge on any atom is -0.481 e. The molecule has 7 rings (SSSR count). The van der Waals surface area contributed by atoms with Crippen LogP contribution in [0.25, 0.3) is 10.9 Å². The van der Waals surface area contributed by atoms with E-state index < -0.39 is 150 Å². The summed E-state index contributed by atoms with van der Waals surface area (Å²) in [5, 5.41) is 50.7. The number of para-hydroxylation sites is 1. The fourth-order valence-corrected chi connectivity index (χ4v) is 12.1. The van der Waals surface area contributed by atoms with Crippen molar-refractivity contribution < 1.29 is 72.9 Å². The van der Waals surface area contributed by atoms with Gasteiger partial charge in [0.05, 0.1) is 19.1 Å². The number of carboxylic acids is 2. The molecule has 0 aliphatic carbocycles. The van der Waals surface area contributed by atoms with Crippen LogP contribution in [0.15, 0.2) is 121 Å². The third-order valence-electron chi connectivity index (χ3n) is 16.6. The maximum absolute atomic E-state index is 15.3. The van der Waals surface area contributed by atoms with Gasteiger partial charge in [-0.25, -0.2) is 4.79 Å². The zero-order chi connectivity index (χ0) is 69.6. The number of H-pyrrole nitrogens is 1. The molecule has 0 radical (unpaired) electrons. The van der Waals surface area contributed by atoms with Gasteiger partial charge in [0.25, 0.3) is 0 Å². The third kappa shape index (κ3) is 20.8. The number of aromatic nitrogens is 1. The molecule has 27 nitrogen and oxygen atoms in total. The van der Waals surface area contributed by atoms with Gasteiger partial charge in [0.15, 0.2) is 0 Å². The number of nitrogens with two attached hydrogens (primary N) is 1. The van der Waals surface area contributed by atoms with E-state index in [9.17, 15) is 63.3 Å². The van der Waals surface area contributed by atoms with Gasteiger partial charge in [-0.15, -0.1) is 0 Å². The standard InChI is InChI=1S/C67H84N12O15S2/c1-38(2)28-46(70-62(88)52(36-95)76-61(87)51(35-80)75-57(83)44(68)29-39-16-6-3-7-17-39)58(84)71-48(32-42-34-69-45-23-13-12-22-43(42)45)60(86)73-49(31-41-20-10-5-11-21-41)65(91)78-26-14-24-54(78)63(89)72-47(30-40-18-8-4-9-19-40)59(85)77-53(37-96)66(92)79-27-15-25-55(79)64(90)74-50(67(93)94)33-56(81)82/h3-13,16-23,34,38,44,46-55,69,80,95-96H,14-15,24-33,35-37,68H2,1-2H3,(H,70,88)(H,71,84)(H,72,89)(H,73,86)(H,74,90)(H,75,83)(H,76,87)(H,77,85)(H,81,82)(H,93,94)/t44-,46-,47-,48-,49-,50-,51-,52-,53-,54-,55-/m0/s1. The second-order valence-corrected chi connectivity index (χ2v) is 25.0. The maximum atomic E-state index is 15.3. The molecular weight excluding hydrogens is 1280 g/mol. The van der Waals surface area contributed by atoms with Gasteiger partial charge < -0.3 is 78.4 Å². The summed E-state index contributed by atoms with van der Waals surface area (Å²) < 4.78 is 0. The Labute approximate surface area is 565 Å². The van der Waals surface area contributed by atoms with E-state index >= 15 is 9.59 Å². The summed E-state index contributed by atoms with van der Waals surface area (Å²) in [7, 11) is 0. The molecule has 10 amide bonds. The molecule has 2 saturated heterocycles. The SMILES string of the molecule is CC(C)C[C@H](NC(=O)[C@H](CS)NC(=O)[C@H](CO)NC(=O)[C@@H](N)Cc1ccccc1)C(=O)N[C@@H](Cc1c[nH]c2ccccc12)C(=O)N[C@@H](Cc1ccccc1)C(=O)N1CCC[C@H]1C(=O)N[C@@H](Cc1ccccc1)C(=O)N[C@@H](CS)C(=O)N1CCC[C@H]1C(=O)N[C@@H](CC(=O)O)C(=O)O. The van der Waals surface area contributed by atoms with Gasteiger partial charge in [0, 0.05) is 61.0 Å². The van der Waals surface area contributed by atoms with Crippen LogP contribution in [0.4, 0.5) is 0 Å². The number of aliphatic carboxylic acids is 2. The average molecular weight is 1360 g/mol. The molecule has 2 fully saturated rings. The number of aromatic amines is 1. The van der Waals surface area contributed by atoms with Crippen LogP contribution in [0.5, 0.6) is 0 Å². The van der Waals surface area contributed by atoms with Crippen LogP contribution >= 0.6 is 25.3 Å². The first-order chi connectivity index (χ1) is 46.0. The Kier molecular flexibility index (Phi) is 27.8. The number of likely N-dealkylation sites (tertiary alicyclic amines) is 2. The topological polar surface area (TPSA) is 410 Å². The van der Waals surface area contributed by atoms with Gasteiger partial charge in [-0.3, -0.25) is 52.7 Å². The van der Waals surface area contributed by atoms with Crippen molar-refractivity contribution in [3.8, 4) is 0 Å². The van der Waals surface area contributed by atoms with E-state index in [2.05, 4.69) is 72.8 Å². The lowest BCUT2D eigenvalue weighted by molar-refractivity contribution is -0.148. The number of carbonyl (C=O) groups is 12. The molecule has 96 heavy (non-hydrogen) atoms. The molecular formula is C67H84N12O15S2. The van der Waals surface area contributed by atoms with Gasteiger partial charge in [-0.1, -0.05) is 123 Å². The van der Waals surface area contributed by atoms with Crippen molar-refractivity contribution in [3.05, 3.63) is 144 Å². The summed E-state index contributed by atoms with van der Waals surface area (Å²) in [5.74, 6) is -11.8. The molecule has 2 aliphatic heterocycles. The summed E-state index contributed by atoms with van der Waals surface area (Å²) in [4.78, 5) is 172. The van der Waals surface area contributed by atoms with E-state index in [1.54, 1.807) is 117 Å². The van der Waals surface area contributed by atoms with Crippen LogP contribution in [0.1, 0.15) is 74.6 Å². The molecule has 0 spiro atoms. The van der Waals surface area contributed by atoms with Gasteiger partial charge >= 0.3 is 11.9 Å². The van der Waals surface area contributed by atoms with Crippen molar-refractivity contribution in [2.75, 3.05) is 31.2 Å². The molecule has 4 aromatic carbocycles. The van der Waals surface area contributed by atoms with Crippen LogP contribution in [0.2, 0.25) is 0 Å². The van der Waals surface area contributed by atoms with Gasteiger partial charge in [-0.05, 0) is 72.8 Å². The van der Waals surface area contributed by atoms with E-state index in [-0.39, 0.29) is 75.5 Å². The highest BCUT2D eigenvalue weighted by molar-refractivity contribution is 7.80. The third-order valence-corrected chi connectivity index (χ3v) is 17.3. The Morgan fingerprint density at radius 3 is 1.44 bits per heavy atom. The first kappa shape index (κ1) is 74.1. The first-order valence-corrected chi connectivity index (χ1v) is 33.0. The fourth-order valence-electron chi connectivity index (χ4n) is 11.6. The number of aliphatic hydroxyl groups excluding tert-OH is 1. The van der Waals surface area contributed by atoms with Crippen LogP contribution in [0.3, 0.4) is 0 Å². The predicted octanol–water partition coefficient (Wildman–Crippen LogP) is 0.0835. The van der Waals surface area contributed by atoms with Crippen LogP contribution < -0.4 is 48.3 Å². The van der Waals surface area contributed by atoms with Gasteiger partial charge in [0.1, 0.15) is 60.4 Å². The van der Waals surface area contributed by atoms with Crippen molar-refractivity contribution in [3.63, 3.8) is 0 Å². The lowest BCUT2D eigenvalue weighted by Crippen LogP contribution is -2.61. The first-order valence-electron chi connectivity index (χ1n) is 31.7. The largest absolute Gasteiger partial charge is 0.481 e. The number of nitrogens with one attached hydrogen (secondary N) is 9. The number of hydrogen-bond acceptors (Lipinski definition) is 16. The number of benzene rings is 4. The highest BCUT2D eigenvalue weighted by Gasteiger charge is 2.43. The monoisotopic (exact) mass is 1360 g/mol. The Morgan fingerprint density at radius 2 is 0.917 bits per heavy atom. The van der Waals surface area contributed by atoms with E-state index in [4.69, 9.17) is 5.73 Å². The van der Waals surface area contributed by atoms with E-state index in [0.717, 1.165) is 21.4 Å². The smallest absolute Gasteiger partial charge is 0.326 e. The number of amides is 10. The minimum absolute atomic E-state index is 0.0337. The van der Waals surface area contributed by atoms with Crippen LogP contribution in [-0.4, -0.2) is 199 Å². The zero-order valence-corrected chi connectivity index (χ0v) is 55.0. The lowest BCUT2D eigenvalue weighted by Gasteiger charge is -2.32. The van der Waals surface area contributed by atoms with E-state index in [1.165, 1.54) is 4.90 Å². The summed E-state index contributed by atoms with van der Waals surface area (Å²) in [6, 6.07) is 18.6. The Morgan fingerprint density at radius 1 is 0.500 bits per heavy atom. The molecule has 5 aromatic rings. The predicted molar refractivity (Wildman–Crippen MR) is 359 cm³/mol. The number of carbonyl (C=O) groups excluding carboxylic acids is 10. The summed E-state index contributed by atoms with van der Waals surface area (Å²) in [6.45, 7) is 2.85. The second kappa shape index (κ2) is 36.0. The summed E-state index contributed by atoms with van der Waals surface area (Å²) in [6.07, 6.45) is 1.53. The van der Waals surface area contributed by atoms with Gasteiger partial charge in [0.2, 0.25) is 59.1 Å². The zero-order valence-electron chi connectivity index (χ0n) is 53.2. The molecule has 29 heteroatoms. The summed E-state index contributed by atoms with van der Waals surface area (Å²) in [5.41, 5.74) is 9.45. The summed E-state index contributed by atoms with van der Waals surface area (Å²) >= 11 is 8.66. The molecule has 14 N–H and O–H groups in total. The highest BCUT2D eigenvalue weighted by atomic mass is 32.1. The van der Waals surface area contributed by atoms with Crippen LogP contribution in [-0.2, 0) is 83.2 Å². The number of nitrogens with zero attached hydrogens (tertiary/aromatic N) is 2. The number of fused-ring (bicyclic) bond motifs is 1. The molecule has 0 saturated carbocycles. The number of carboxylic acid groups (broad SMARTS) is 2. The quantitative estimate of drug-likeness (QED) is 0.0243. The highest BCUT2D eigenvalue weighted by Crippen LogP contribution is 2.24. The van der Waals surface area contributed by atoms with Crippen molar-refractivity contribution in [1.82, 2.24) is 57.3 Å². The van der Waals surface area contributed by atoms with Gasteiger partial charge in [-0.2, -0.15) is 25.3 Å². The number of aliphatic hydroxyl groups is 1. The number of thiol groups is 2. The van der Waals surface area contributed by atoms with Crippen LogP contribution in [0, 0.1) is 5.92 Å². The second-order valence-electron chi connectivity index (χ2n) is 24.2. The Hall–Kier alpha value is -9.32. The van der Waals surface area contributed by atoms with E-state index in [1.807, 2.05) is 18.2 Å². The molecule has 3 heterocycles. The van der Waals surface area contributed by atoms with E-state index in [0.29, 0.717) is 29.5 Å².